The molecule has 0 aliphatic carbocycles. The Balaban J connectivity index is 2.18. The summed E-state index contributed by atoms with van der Waals surface area (Å²) < 4.78 is 51.4. The Morgan fingerprint density at radius 3 is 2.44 bits per heavy atom. The van der Waals surface area contributed by atoms with Gasteiger partial charge in [-0.1, -0.05) is 12.1 Å². The number of benzene rings is 1. The van der Waals surface area contributed by atoms with Crippen LogP contribution in [-0.2, 0) is 12.7 Å². The van der Waals surface area contributed by atoms with Gasteiger partial charge < -0.3 is 5.32 Å². The van der Waals surface area contributed by atoms with Crippen LogP contribution < -0.4 is 5.32 Å². The summed E-state index contributed by atoms with van der Waals surface area (Å²) in [5.74, 6) is -1.15. The van der Waals surface area contributed by atoms with Crippen LogP contribution in [0.4, 0.5) is 17.6 Å². The molecule has 6 heteroatoms. The highest BCUT2D eigenvalue weighted by Crippen LogP contribution is 2.32. The smallest absolute Gasteiger partial charge is 0.314 e. The quantitative estimate of drug-likeness (QED) is 0.822. The highest BCUT2D eigenvalue weighted by atomic mass is 19.4. The molecule has 100 valence electrons. The number of nitrogens with zero attached hydrogens (tertiary/aromatic N) is 1. The fourth-order valence-corrected chi connectivity index (χ4v) is 2.03. The fraction of sp³-hybridized carbons (Fsp3) is 0.500. The van der Waals surface area contributed by atoms with Gasteiger partial charge in [-0.2, -0.15) is 13.2 Å². The number of hydrogen-bond acceptors (Lipinski definition) is 2. The van der Waals surface area contributed by atoms with E-state index in [0.29, 0.717) is 0 Å². The molecule has 1 aromatic carbocycles. The van der Waals surface area contributed by atoms with Crippen molar-refractivity contribution in [2.45, 2.75) is 12.7 Å². The molecular formula is C12H14F4N2. The molecule has 0 spiro atoms. The zero-order valence-electron chi connectivity index (χ0n) is 9.73. The average Bonchev–Trinajstić information content (AvgIpc) is 2.32. The van der Waals surface area contributed by atoms with Gasteiger partial charge >= 0.3 is 6.18 Å². The summed E-state index contributed by atoms with van der Waals surface area (Å²) in [5.41, 5.74) is -1.08. The number of hydrogen-bond donors (Lipinski definition) is 1. The molecule has 18 heavy (non-hydrogen) atoms. The second-order valence-electron chi connectivity index (χ2n) is 4.30. The van der Waals surface area contributed by atoms with Crippen LogP contribution in [0, 0.1) is 5.82 Å². The minimum Gasteiger partial charge on any atom is -0.314 e. The summed E-state index contributed by atoms with van der Waals surface area (Å²) in [4.78, 5) is 1.94. The first-order valence-electron chi connectivity index (χ1n) is 5.76. The predicted octanol–water partition coefficient (Wildman–Crippen LogP) is 2.25. The predicted molar refractivity (Wildman–Crippen MR) is 59.5 cm³/mol. The molecule has 0 aromatic heterocycles. The Morgan fingerprint density at radius 1 is 1.17 bits per heavy atom. The van der Waals surface area contributed by atoms with E-state index in [2.05, 4.69) is 5.32 Å². The van der Waals surface area contributed by atoms with Gasteiger partial charge in [-0.15, -0.1) is 0 Å². The number of alkyl halides is 3. The maximum atomic E-state index is 13.8. The van der Waals surface area contributed by atoms with Crippen LogP contribution in [0.2, 0.25) is 0 Å². The Morgan fingerprint density at radius 2 is 1.83 bits per heavy atom. The van der Waals surface area contributed by atoms with Crippen LogP contribution in [0.1, 0.15) is 11.1 Å². The SMILES string of the molecule is Fc1c(CN2CCNCC2)cccc1C(F)(F)F. The molecule has 0 unspecified atom stereocenters. The Bertz CT molecular complexity index is 411. The van der Waals surface area contributed by atoms with Crippen LogP contribution in [0.15, 0.2) is 18.2 Å². The topological polar surface area (TPSA) is 15.3 Å². The van der Waals surface area contributed by atoms with Crippen molar-refractivity contribution in [3.63, 3.8) is 0 Å². The van der Waals surface area contributed by atoms with Gasteiger partial charge in [-0.3, -0.25) is 4.90 Å². The van der Waals surface area contributed by atoms with Crippen molar-refractivity contribution in [3.8, 4) is 0 Å². The van der Waals surface area contributed by atoms with Crippen molar-refractivity contribution in [2.24, 2.45) is 0 Å². The molecule has 1 fully saturated rings. The van der Waals surface area contributed by atoms with E-state index in [1.54, 1.807) is 0 Å². The van der Waals surface area contributed by atoms with Crippen molar-refractivity contribution in [2.75, 3.05) is 26.2 Å². The lowest BCUT2D eigenvalue weighted by Crippen LogP contribution is -2.43. The number of halogens is 4. The molecule has 0 radical (unpaired) electrons. The molecule has 0 atom stereocenters. The van der Waals surface area contributed by atoms with Gasteiger partial charge in [-0.05, 0) is 6.07 Å². The molecule has 2 nitrogen and oxygen atoms in total. The third kappa shape index (κ3) is 3.00. The van der Waals surface area contributed by atoms with Crippen LogP contribution in [0.25, 0.3) is 0 Å². The molecular weight excluding hydrogens is 248 g/mol. The monoisotopic (exact) mass is 262 g/mol. The molecule has 0 bridgehead atoms. The standard InChI is InChI=1S/C12H14F4N2/c13-11-9(8-18-6-4-17-5-7-18)2-1-3-10(11)12(14,15)16/h1-3,17H,4-8H2. The first-order valence-corrected chi connectivity index (χ1v) is 5.76. The highest BCUT2D eigenvalue weighted by Gasteiger charge is 2.34. The Hall–Kier alpha value is -1.14. The molecule has 1 N–H and O–H groups in total. The van der Waals surface area contributed by atoms with E-state index in [-0.39, 0.29) is 12.1 Å². The van der Waals surface area contributed by atoms with E-state index in [1.165, 1.54) is 12.1 Å². The first kappa shape index (κ1) is 13.3. The number of piperazine rings is 1. The minimum absolute atomic E-state index is 0.103. The summed E-state index contributed by atoms with van der Waals surface area (Å²) in [7, 11) is 0. The van der Waals surface area contributed by atoms with Gasteiger partial charge in [0.25, 0.3) is 0 Å². The van der Waals surface area contributed by atoms with Crippen molar-refractivity contribution in [1.29, 1.82) is 0 Å². The lowest BCUT2D eigenvalue weighted by molar-refractivity contribution is -0.140. The third-order valence-electron chi connectivity index (χ3n) is 2.99. The van der Waals surface area contributed by atoms with E-state index in [4.69, 9.17) is 0 Å². The van der Waals surface area contributed by atoms with Crippen molar-refractivity contribution >= 4 is 0 Å². The van der Waals surface area contributed by atoms with E-state index < -0.39 is 17.6 Å². The van der Waals surface area contributed by atoms with E-state index in [0.717, 1.165) is 32.2 Å². The van der Waals surface area contributed by atoms with Crippen LogP contribution >= 0.6 is 0 Å². The lowest BCUT2D eigenvalue weighted by Gasteiger charge is -2.27. The zero-order chi connectivity index (χ0) is 13.2. The number of nitrogens with one attached hydrogen (secondary N) is 1. The number of rotatable bonds is 2. The third-order valence-corrected chi connectivity index (χ3v) is 2.99. The van der Waals surface area contributed by atoms with Crippen LogP contribution in [0.5, 0.6) is 0 Å². The maximum Gasteiger partial charge on any atom is 0.419 e. The molecule has 1 aliphatic rings. The van der Waals surface area contributed by atoms with Gasteiger partial charge in [-0.25, -0.2) is 4.39 Å². The second kappa shape index (κ2) is 5.24. The maximum absolute atomic E-state index is 13.8. The summed E-state index contributed by atoms with van der Waals surface area (Å²) in [6.45, 7) is 3.21. The van der Waals surface area contributed by atoms with E-state index in [9.17, 15) is 17.6 Å². The zero-order valence-corrected chi connectivity index (χ0v) is 9.73. The van der Waals surface area contributed by atoms with Crippen molar-refractivity contribution in [1.82, 2.24) is 10.2 Å². The van der Waals surface area contributed by atoms with E-state index in [1.807, 2.05) is 4.90 Å². The molecule has 1 heterocycles. The summed E-state index contributed by atoms with van der Waals surface area (Å²) in [6.07, 6.45) is -4.64. The van der Waals surface area contributed by atoms with E-state index >= 15 is 0 Å². The first-order chi connectivity index (χ1) is 8.48. The highest BCUT2D eigenvalue weighted by molar-refractivity contribution is 5.28. The largest absolute Gasteiger partial charge is 0.419 e. The normalized spacial score (nSPS) is 18.0. The van der Waals surface area contributed by atoms with Crippen molar-refractivity contribution in [3.05, 3.63) is 35.1 Å². The molecule has 1 aromatic rings. The molecule has 1 aliphatic heterocycles. The van der Waals surface area contributed by atoms with Gasteiger partial charge in [0.1, 0.15) is 5.82 Å². The van der Waals surface area contributed by atoms with Crippen LogP contribution in [-0.4, -0.2) is 31.1 Å². The molecule has 0 saturated carbocycles. The summed E-state index contributed by atoms with van der Waals surface area (Å²) in [6, 6.07) is 3.44. The average molecular weight is 262 g/mol. The van der Waals surface area contributed by atoms with Gasteiger partial charge in [0.15, 0.2) is 0 Å². The molecule has 0 amide bonds. The van der Waals surface area contributed by atoms with Gasteiger partial charge in [0, 0.05) is 38.3 Å². The minimum atomic E-state index is -4.64. The van der Waals surface area contributed by atoms with Crippen LogP contribution in [0.3, 0.4) is 0 Å². The molecule has 2 rings (SSSR count). The molecule has 1 saturated heterocycles. The summed E-state index contributed by atoms with van der Waals surface area (Å²) >= 11 is 0. The lowest BCUT2D eigenvalue weighted by atomic mass is 10.1. The Kier molecular flexibility index (Phi) is 3.87. The van der Waals surface area contributed by atoms with Gasteiger partial charge in [0.05, 0.1) is 5.56 Å². The van der Waals surface area contributed by atoms with Gasteiger partial charge in [0.2, 0.25) is 0 Å². The van der Waals surface area contributed by atoms with Crippen molar-refractivity contribution < 1.29 is 17.6 Å². The summed E-state index contributed by atoms with van der Waals surface area (Å²) in [5, 5.41) is 3.14. The Labute approximate surface area is 103 Å². The second-order valence-corrected chi connectivity index (χ2v) is 4.30. The fourth-order valence-electron chi connectivity index (χ4n) is 2.03.